The van der Waals surface area contributed by atoms with Crippen molar-refractivity contribution in [1.29, 1.82) is 0 Å². The van der Waals surface area contributed by atoms with Crippen LogP contribution in [0, 0.1) is 0 Å². The van der Waals surface area contributed by atoms with E-state index in [0.717, 1.165) is 44.9 Å². The molecule has 118 valence electrons. The van der Waals surface area contributed by atoms with Gasteiger partial charge in [0.2, 0.25) is 5.91 Å². The molecule has 5 N–H and O–H groups in total. The van der Waals surface area contributed by atoms with Crippen molar-refractivity contribution in [2.45, 2.75) is 50.6 Å². The molecule has 6 nitrogen and oxygen atoms in total. The van der Waals surface area contributed by atoms with Crippen LogP contribution in [0.1, 0.15) is 38.5 Å². The molecule has 0 aliphatic rings. The lowest BCUT2D eigenvalue weighted by Crippen LogP contribution is -2.47. The van der Waals surface area contributed by atoms with Crippen LogP contribution in [-0.4, -0.2) is 51.5 Å². The molecule has 6 heteroatoms. The monoisotopic (exact) mass is 286 g/mol. The van der Waals surface area contributed by atoms with Crippen molar-refractivity contribution in [2.24, 2.45) is 5.73 Å². The minimum absolute atomic E-state index is 0.0955. The van der Waals surface area contributed by atoms with E-state index >= 15 is 0 Å². The van der Waals surface area contributed by atoms with Crippen LogP contribution in [0.5, 0.6) is 0 Å². The molecular weight excluding hydrogens is 256 g/mol. The third-order valence-electron chi connectivity index (χ3n) is 3.30. The van der Waals surface area contributed by atoms with Gasteiger partial charge in [-0.2, -0.15) is 0 Å². The number of carbonyl (C=O) groups is 2. The molecule has 0 saturated carbocycles. The maximum atomic E-state index is 12.1. The largest absolute Gasteiger partial charge is 0.345 e. The predicted molar refractivity (Wildman–Crippen MR) is 81.5 cm³/mol. The summed E-state index contributed by atoms with van der Waals surface area (Å²) >= 11 is 0. The average molecular weight is 286 g/mol. The second-order valence-electron chi connectivity index (χ2n) is 4.98. The van der Waals surface area contributed by atoms with Crippen LogP contribution < -0.4 is 21.7 Å². The van der Waals surface area contributed by atoms with Gasteiger partial charge in [0.25, 0.3) is 0 Å². The van der Waals surface area contributed by atoms with E-state index in [4.69, 9.17) is 5.73 Å². The highest BCUT2D eigenvalue weighted by Gasteiger charge is 2.19. The zero-order valence-corrected chi connectivity index (χ0v) is 12.8. The number of hydrogen-bond donors (Lipinski definition) is 4. The van der Waals surface area contributed by atoms with E-state index in [1.807, 2.05) is 7.05 Å². The molecule has 0 aliphatic heterocycles. The smallest absolute Gasteiger partial charge is 0.237 e. The lowest BCUT2D eigenvalue weighted by molar-refractivity contribution is -0.126. The average Bonchev–Trinajstić information content (AvgIpc) is 2.46. The highest BCUT2D eigenvalue weighted by Crippen LogP contribution is 2.03. The van der Waals surface area contributed by atoms with Crippen molar-refractivity contribution in [2.75, 3.05) is 27.2 Å². The van der Waals surface area contributed by atoms with E-state index in [1.165, 1.54) is 0 Å². The fourth-order valence-corrected chi connectivity index (χ4v) is 2.02. The van der Waals surface area contributed by atoms with Gasteiger partial charge in [0, 0.05) is 0 Å². The Morgan fingerprint density at radius 2 is 1.85 bits per heavy atom. The first-order valence-corrected chi connectivity index (χ1v) is 7.47. The normalized spacial score (nSPS) is 13.8. The molecule has 0 aromatic heterocycles. The minimum Gasteiger partial charge on any atom is -0.345 e. The van der Waals surface area contributed by atoms with Crippen LogP contribution >= 0.6 is 0 Å². The van der Waals surface area contributed by atoms with Crippen molar-refractivity contribution < 1.29 is 9.59 Å². The Morgan fingerprint density at radius 3 is 2.40 bits per heavy atom. The molecule has 0 heterocycles. The Bertz CT molecular complexity index is 262. The molecule has 2 atom stereocenters. The summed E-state index contributed by atoms with van der Waals surface area (Å²) in [7, 11) is 3.69. The van der Waals surface area contributed by atoms with Gasteiger partial charge in [-0.1, -0.05) is 6.42 Å². The first kappa shape index (κ1) is 19.0. The molecule has 0 aliphatic carbocycles. The van der Waals surface area contributed by atoms with Gasteiger partial charge >= 0.3 is 0 Å². The van der Waals surface area contributed by atoms with Crippen molar-refractivity contribution in [1.82, 2.24) is 16.0 Å². The number of nitrogens with one attached hydrogen (secondary N) is 3. The summed E-state index contributed by atoms with van der Waals surface area (Å²) < 4.78 is 0. The van der Waals surface area contributed by atoms with Crippen molar-refractivity contribution in [3.05, 3.63) is 0 Å². The quantitative estimate of drug-likeness (QED) is 0.277. The molecule has 0 saturated heterocycles. The SMILES string of the molecule is CNCCCCC(NC)C(=O)NC(C=O)CCCCN. The standard InChI is InChI=1S/C14H30N4O2/c1-16-10-6-4-8-13(17-2)14(20)18-12(11-19)7-3-5-9-15/h11-13,16-17H,3-10,15H2,1-2H3,(H,18,20). The van der Waals surface area contributed by atoms with E-state index < -0.39 is 6.04 Å². The summed E-state index contributed by atoms with van der Waals surface area (Å²) in [6.45, 7) is 1.57. The predicted octanol–water partition coefficient (Wildman–Crippen LogP) is -0.223. The lowest BCUT2D eigenvalue weighted by atomic mass is 10.1. The lowest BCUT2D eigenvalue weighted by Gasteiger charge is -2.19. The highest BCUT2D eigenvalue weighted by atomic mass is 16.2. The number of unbranched alkanes of at least 4 members (excludes halogenated alkanes) is 2. The number of amides is 1. The minimum atomic E-state index is -0.401. The van der Waals surface area contributed by atoms with Crippen LogP contribution in [0.4, 0.5) is 0 Å². The van der Waals surface area contributed by atoms with Crippen molar-refractivity contribution in [3.8, 4) is 0 Å². The van der Waals surface area contributed by atoms with Crippen LogP contribution in [0.15, 0.2) is 0 Å². The first-order chi connectivity index (χ1) is 9.69. The maximum Gasteiger partial charge on any atom is 0.237 e. The molecule has 0 radical (unpaired) electrons. The van der Waals surface area contributed by atoms with E-state index in [9.17, 15) is 9.59 Å². The Morgan fingerprint density at radius 1 is 1.15 bits per heavy atom. The summed E-state index contributed by atoms with van der Waals surface area (Å²) in [6, 6.07) is -0.633. The third kappa shape index (κ3) is 9.01. The fourth-order valence-electron chi connectivity index (χ4n) is 2.02. The van der Waals surface area contributed by atoms with Gasteiger partial charge < -0.3 is 26.5 Å². The summed E-state index contributed by atoms with van der Waals surface area (Å²) in [5, 5.41) is 8.88. The van der Waals surface area contributed by atoms with Gasteiger partial charge in [-0.15, -0.1) is 0 Å². The van der Waals surface area contributed by atoms with Crippen LogP contribution in [-0.2, 0) is 9.59 Å². The summed E-state index contributed by atoms with van der Waals surface area (Å²) in [5.41, 5.74) is 5.42. The van der Waals surface area contributed by atoms with Gasteiger partial charge in [0.1, 0.15) is 6.29 Å². The Kier molecular flexibility index (Phi) is 12.4. The topological polar surface area (TPSA) is 96.2 Å². The summed E-state index contributed by atoms with van der Waals surface area (Å²) in [6.07, 6.45) is 5.98. The Labute approximate surface area is 122 Å². The van der Waals surface area contributed by atoms with Gasteiger partial charge in [-0.3, -0.25) is 4.79 Å². The second-order valence-corrected chi connectivity index (χ2v) is 4.98. The summed E-state index contributed by atoms with van der Waals surface area (Å²) in [5.74, 6) is -0.0955. The Balaban J connectivity index is 4.06. The third-order valence-corrected chi connectivity index (χ3v) is 3.30. The van der Waals surface area contributed by atoms with Crippen LogP contribution in [0.3, 0.4) is 0 Å². The molecule has 20 heavy (non-hydrogen) atoms. The molecule has 1 amide bonds. The maximum absolute atomic E-state index is 12.1. The van der Waals surface area contributed by atoms with Crippen LogP contribution in [0.2, 0.25) is 0 Å². The summed E-state index contributed by atoms with van der Waals surface area (Å²) in [4.78, 5) is 23.0. The zero-order valence-electron chi connectivity index (χ0n) is 12.8. The number of rotatable bonds is 13. The molecule has 2 unspecified atom stereocenters. The van der Waals surface area contributed by atoms with E-state index in [2.05, 4.69) is 16.0 Å². The first-order valence-electron chi connectivity index (χ1n) is 7.47. The van der Waals surface area contributed by atoms with E-state index in [0.29, 0.717) is 13.0 Å². The number of aldehydes is 1. The van der Waals surface area contributed by atoms with Gasteiger partial charge in [-0.25, -0.2) is 0 Å². The molecular formula is C14H30N4O2. The molecule has 0 aromatic carbocycles. The van der Waals surface area contributed by atoms with Gasteiger partial charge in [0.15, 0.2) is 0 Å². The highest BCUT2D eigenvalue weighted by molar-refractivity contribution is 5.84. The van der Waals surface area contributed by atoms with Gasteiger partial charge in [-0.05, 0) is 59.3 Å². The van der Waals surface area contributed by atoms with Crippen LogP contribution in [0.25, 0.3) is 0 Å². The number of hydrogen-bond acceptors (Lipinski definition) is 5. The van der Waals surface area contributed by atoms with Crippen molar-refractivity contribution in [3.63, 3.8) is 0 Å². The second kappa shape index (κ2) is 13.0. The molecule has 0 rings (SSSR count). The molecule has 0 aromatic rings. The Hall–Kier alpha value is -0.980. The molecule has 0 bridgehead atoms. The number of nitrogens with two attached hydrogens (primary N) is 1. The molecule has 0 spiro atoms. The van der Waals surface area contributed by atoms with Crippen molar-refractivity contribution >= 4 is 12.2 Å². The molecule has 0 fully saturated rings. The number of carbonyl (C=O) groups excluding carboxylic acids is 2. The fraction of sp³-hybridized carbons (Fsp3) is 0.857. The van der Waals surface area contributed by atoms with E-state index in [-0.39, 0.29) is 11.9 Å². The number of likely N-dealkylation sites (N-methyl/N-ethyl adjacent to an activating group) is 1. The zero-order chi connectivity index (χ0) is 15.2. The van der Waals surface area contributed by atoms with Gasteiger partial charge in [0.05, 0.1) is 12.1 Å². The van der Waals surface area contributed by atoms with E-state index in [1.54, 1.807) is 7.05 Å².